The minimum absolute atomic E-state index is 0.0130. The van der Waals surface area contributed by atoms with E-state index in [2.05, 4.69) is 10.6 Å². The fraction of sp³-hybridized carbons (Fsp3) is 0.364. The Balaban J connectivity index is 1.42. The van der Waals surface area contributed by atoms with Gasteiger partial charge < -0.3 is 15.4 Å². The first-order valence-corrected chi connectivity index (χ1v) is 10.7. The summed E-state index contributed by atoms with van der Waals surface area (Å²) in [5.74, 6) is 0.610. The van der Waals surface area contributed by atoms with E-state index in [4.69, 9.17) is 27.9 Å². The maximum atomic E-state index is 12.5. The summed E-state index contributed by atoms with van der Waals surface area (Å²) in [6, 6.07) is 12.3. The Morgan fingerprint density at radius 2 is 1.67 bits per heavy atom. The van der Waals surface area contributed by atoms with Gasteiger partial charge in [-0.05, 0) is 75.3 Å². The van der Waals surface area contributed by atoms with Crippen LogP contribution < -0.4 is 15.4 Å². The Morgan fingerprint density at radius 3 is 2.30 bits per heavy atom. The highest BCUT2D eigenvalue weighted by Crippen LogP contribution is 2.25. The van der Waals surface area contributed by atoms with E-state index < -0.39 is 0 Å². The lowest BCUT2D eigenvalue weighted by molar-refractivity contribution is -0.121. The van der Waals surface area contributed by atoms with Crippen LogP contribution in [-0.4, -0.2) is 43.0 Å². The number of carbonyl (C=O) groups is 2. The summed E-state index contributed by atoms with van der Waals surface area (Å²) in [5.41, 5.74) is 1.37. The zero-order chi connectivity index (χ0) is 21.5. The third-order valence-electron chi connectivity index (χ3n) is 4.96. The monoisotopic (exact) mass is 449 g/mol. The fourth-order valence-corrected chi connectivity index (χ4v) is 3.67. The van der Waals surface area contributed by atoms with Crippen LogP contribution in [0.4, 0.5) is 11.4 Å². The SMILES string of the molecule is CCOc1ccc(NC(=O)C2CCN(CC(=O)Nc3ccc(Cl)c(Cl)c3)CC2)cc1. The Morgan fingerprint density at radius 1 is 1.00 bits per heavy atom. The molecule has 0 saturated carbocycles. The zero-order valence-corrected chi connectivity index (χ0v) is 18.3. The van der Waals surface area contributed by atoms with Gasteiger partial charge in [-0.1, -0.05) is 23.2 Å². The third kappa shape index (κ3) is 6.36. The molecule has 0 spiro atoms. The van der Waals surface area contributed by atoms with E-state index in [9.17, 15) is 9.59 Å². The van der Waals surface area contributed by atoms with Crippen LogP contribution in [0.5, 0.6) is 5.75 Å². The van der Waals surface area contributed by atoms with Crippen molar-refractivity contribution in [2.75, 3.05) is 36.9 Å². The molecule has 6 nitrogen and oxygen atoms in total. The van der Waals surface area contributed by atoms with Gasteiger partial charge in [0.05, 0.1) is 23.2 Å². The highest BCUT2D eigenvalue weighted by Gasteiger charge is 2.26. The predicted molar refractivity (Wildman–Crippen MR) is 120 cm³/mol. The summed E-state index contributed by atoms with van der Waals surface area (Å²) >= 11 is 11.9. The second-order valence-corrected chi connectivity index (χ2v) is 7.99. The molecule has 0 bridgehead atoms. The highest BCUT2D eigenvalue weighted by molar-refractivity contribution is 6.42. The topological polar surface area (TPSA) is 70.7 Å². The number of nitrogens with zero attached hydrogens (tertiary/aromatic N) is 1. The van der Waals surface area contributed by atoms with Crippen LogP contribution >= 0.6 is 23.2 Å². The standard InChI is InChI=1S/C22H25Cl2N3O3/c1-2-30-18-6-3-16(4-7-18)26-22(29)15-9-11-27(12-10-15)14-21(28)25-17-5-8-19(23)20(24)13-17/h3-8,13,15H,2,9-12,14H2,1H3,(H,25,28)(H,26,29). The Kier molecular flexibility index (Phi) is 7.96. The van der Waals surface area contributed by atoms with Crippen molar-refractivity contribution in [3.8, 4) is 5.75 Å². The zero-order valence-electron chi connectivity index (χ0n) is 16.8. The molecule has 2 aromatic rings. The number of benzene rings is 2. The molecule has 2 aromatic carbocycles. The van der Waals surface area contributed by atoms with Gasteiger partial charge in [-0.3, -0.25) is 14.5 Å². The van der Waals surface area contributed by atoms with Crippen LogP contribution in [-0.2, 0) is 9.59 Å². The van der Waals surface area contributed by atoms with Gasteiger partial charge in [0.2, 0.25) is 11.8 Å². The molecule has 1 aliphatic rings. The largest absolute Gasteiger partial charge is 0.494 e. The van der Waals surface area contributed by atoms with Gasteiger partial charge in [-0.25, -0.2) is 0 Å². The van der Waals surface area contributed by atoms with Crippen molar-refractivity contribution in [3.63, 3.8) is 0 Å². The number of nitrogens with one attached hydrogen (secondary N) is 2. The maximum absolute atomic E-state index is 12.5. The van der Waals surface area contributed by atoms with E-state index in [1.165, 1.54) is 0 Å². The summed E-state index contributed by atoms with van der Waals surface area (Å²) < 4.78 is 5.41. The van der Waals surface area contributed by atoms with Crippen LogP contribution in [0.15, 0.2) is 42.5 Å². The normalized spacial score (nSPS) is 14.9. The Bertz CT molecular complexity index is 882. The van der Waals surface area contributed by atoms with Crippen LogP contribution in [0.3, 0.4) is 0 Å². The number of hydrogen-bond donors (Lipinski definition) is 2. The molecule has 1 aliphatic heterocycles. The van der Waals surface area contributed by atoms with Crippen LogP contribution in [0, 0.1) is 5.92 Å². The lowest BCUT2D eigenvalue weighted by Gasteiger charge is -2.30. The summed E-state index contributed by atoms with van der Waals surface area (Å²) in [7, 11) is 0. The molecule has 1 fully saturated rings. The van der Waals surface area contributed by atoms with Crippen LogP contribution in [0.2, 0.25) is 10.0 Å². The molecular formula is C22H25Cl2N3O3. The van der Waals surface area contributed by atoms with Gasteiger partial charge in [-0.2, -0.15) is 0 Å². The van der Waals surface area contributed by atoms with Crippen LogP contribution in [0.1, 0.15) is 19.8 Å². The van der Waals surface area contributed by atoms with Crippen molar-refractivity contribution in [2.24, 2.45) is 5.92 Å². The first-order chi connectivity index (χ1) is 14.4. The number of anilines is 2. The van der Waals surface area contributed by atoms with Crippen molar-refractivity contribution >= 4 is 46.4 Å². The van der Waals surface area contributed by atoms with E-state index >= 15 is 0 Å². The molecule has 0 atom stereocenters. The van der Waals surface area contributed by atoms with Gasteiger partial charge in [-0.15, -0.1) is 0 Å². The molecule has 2 amide bonds. The van der Waals surface area contributed by atoms with Crippen molar-refractivity contribution in [1.29, 1.82) is 0 Å². The van der Waals surface area contributed by atoms with E-state index in [1.807, 2.05) is 36.1 Å². The number of ether oxygens (including phenoxy) is 1. The minimum atomic E-state index is -0.120. The number of hydrogen-bond acceptors (Lipinski definition) is 4. The van der Waals surface area contributed by atoms with Crippen molar-refractivity contribution in [2.45, 2.75) is 19.8 Å². The summed E-state index contributed by atoms with van der Waals surface area (Å²) in [4.78, 5) is 26.9. The number of rotatable bonds is 7. The second kappa shape index (κ2) is 10.7. The number of amides is 2. The number of carbonyl (C=O) groups excluding carboxylic acids is 2. The van der Waals surface area contributed by atoms with Crippen molar-refractivity contribution in [3.05, 3.63) is 52.5 Å². The average molecular weight is 450 g/mol. The first-order valence-electron chi connectivity index (χ1n) is 9.95. The molecule has 0 unspecified atom stereocenters. The molecule has 1 saturated heterocycles. The molecule has 30 heavy (non-hydrogen) atoms. The van der Waals surface area contributed by atoms with Gasteiger partial charge in [0, 0.05) is 17.3 Å². The highest BCUT2D eigenvalue weighted by atomic mass is 35.5. The molecule has 0 aliphatic carbocycles. The van der Waals surface area contributed by atoms with Crippen LogP contribution in [0.25, 0.3) is 0 Å². The number of likely N-dealkylation sites (tertiary alicyclic amines) is 1. The smallest absolute Gasteiger partial charge is 0.238 e. The molecule has 1 heterocycles. The van der Waals surface area contributed by atoms with Gasteiger partial charge in [0.25, 0.3) is 0 Å². The summed E-state index contributed by atoms with van der Waals surface area (Å²) in [5, 5.41) is 6.63. The average Bonchev–Trinajstić information content (AvgIpc) is 2.73. The summed E-state index contributed by atoms with van der Waals surface area (Å²) in [6.07, 6.45) is 1.42. The first kappa shape index (κ1) is 22.4. The third-order valence-corrected chi connectivity index (χ3v) is 5.70. The van der Waals surface area contributed by atoms with Gasteiger partial charge >= 0.3 is 0 Å². The minimum Gasteiger partial charge on any atom is -0.494 e. The second-order valence-electron chi connectivity index (χ2n) is 7.17. The van der Waals surface area contributed by atoms with Gasteiger partial charge in [0.15, 0.2) is 0 Å². The predicted octanol–water partition coefficient (Wildman–Crippen LogP) is 4.68. The van der Waals surface area contributed by atoms with E-state index in [0.29, 0.717) is 48.3 Å². The molecule has 0 aromatic heterocycles. The fourth-order valence-electron chi connectivity index (χ4n) is 3.38. The van der Waals surface area contributed by atoms with Gasteiger partial charge in [0.1, 0.15) is 5.75 Å². The molecule has 2 N–H and O–H groups in total. The van der Waals surface area contributed by atoms with E-state index in [-0.39, 0.29) is 24.3 Å². The Hall–Kier alpha value is -2.28. The van der Waals surface area contributed by atoms with E-state index in [1.54, 1.807) is 18.2 Å². The molecule has 8 heteroatoms. The number of piperidine rings is 1. The molecule has 3 rings (SSSR count). The Labute approximate surface area is 186 Å². The van der Waals surface area contributed by atoms with E-state index in [0.717, 1.165) is 11.4 Å². The number of halogens is 2. The van der Waals surface area contributed by atoms with Crippen molar-refractivity contribution in [1.82, 2.24) is 4.90 Å². The lowest BCUT2D eigenvalue weighted by atomic mass is 9.96. The molecule has 160 valence electrons. The summed E-state index contributed by atoms with van der Waals surface area (Å²) in [6.45, 7) is 4.19. The lowest BCUT2D eigenvalue weighted by Crippen LogP contribution is -2.41. The van der Waals surface area contributed by atoms with Crippen molar-refractivity contribution < 1.29 is 14.3 Å². The molecular weight excluding hydrogens is 425 g/mol. The molecule has 0 radical (unpaired) electrons. The maximum Gasteiger partial charge on any atom is 0.238 e. The quantitative estimate of drug-likeness (QED) is 0.643.